The van der Waals surface area contributed by atoms with Gasteiger partial charge in [0.05, 0.1) is 20.8 Å². The Bertz CT molecular complexity index is 672. The summed E-state index contributed by atoms with van der Waals surface area (Å²) in [5, 5.41) is 6.31. The fraction of sp³-hybridized carbons (Fsp3) is 0.636. The molecular formula is C22H36N4O3. The van der Waals surface area contributed by atoms with Gasteiger partial charge < -0.3 is 25.0 Å². The van der Waals surface area contributed by atoms with Crippen molar-refractivity contribution in [3.63, 3.8) is 0 Å². The number of nitrogens with zero attached hydrogens (tertiary/aromatic N) is 2. The Morgan fingerprint density at radius 2 is 1.97 bits per heavy atom. The van der Waals surface area contributed by atoms with Crippen LogP contribution in [0.4, 0.5) is 0 Å². The molecule has 0 aliphatic heterocycles. The van der Waals surface area contributed by atoms with E-state index < -0.39 is 0 Å². The number of carbonyl (C=O) groups excluding carboxylic acids is 1. The molecule has 1 amide bonds. The molecule has 2 N–H and O–H groups in total. The smallest absolute Gasteiger partial charge is 0.220 e. The summed E-state index contributed by atoms with van der Waals surface area (Å²) in [4.78, 5) is 18.8. The highest BCUT2D eigenvalue weighted by atomic mass is 16.5. The lowest BCUT2D eigenvalue weighted by Gasteiger charge is -2.23. The minimum Gasteiger partial charge on any atom is -0.497 e. The van der Waals surface area contributed by atoms with E-state index in [0.717, 1.165) is 29.6 Å². The third-order valence-corrected chi connectivity index (χ3v) is 5.24. The van der Waals surface area contributed by atoms with Crippen molar-refractivity contribution >= 4 is 11.9 Å². The maximum atomic E-state index is 12.1. The van der Waals surface area contributed by atoms with Crippen LogP contribution >= 0.6 is 0 Å². The zero-order chi connectivity index (χ0) is 21.1. The van der Waals surface area contributed by atoms with E-state index in [2.05, 4.69) is 15.6 Å². The number of rotatable bonds is 10. The van der Waals surface area contributed by atoms with Crippen LogP contribution in [0.2, 0.25) is 0 Å². The van der Waals surface area contributed by atoms with Gasteiger partial charge in [-0.3, -0.25) is 9.79 Å². The minimum absolute atomic E-state index is 0.147. The highest BCUT2D eigenvalue weighted by Gasteiger charge is 2.18. The van der Waals surface area contributed by atoms with E-state index in [1.807, 2.05) is 37.1 Å². The molecule has 162 valence electrons. The molecule has 0 saturated heterocycles. The molecule has 29 heavy (non-hydrogen) atoms. The van der Waals surface area contributed by atoms with Crippen LogP contribution < -0.4 is 20.1 Å². The summed E-state index contributed by atoms with van der Waals surface area (Å²) >= 11 is 0. The molecule has 0 unspecified atom stereocenters. The van der Waals surface area contributed by atoms with Crippen molar-refractivity contribution in [3.8, 4) is 11.5 Å². The first kappa shape index (κ1) is 22.8. The quantitative estimate of drug-likeness (QED) is 0.356. The molecule has 0 radical (unpaired) electrons. The molecule has 1 aliphatic carbocycles. The van der Waals surface area contributed by atoms with E-state index in [1.165, 1.54) is 25.7 Å². The number of hydrogen-bond acceptors (Lipinski definition) is 4. The van der Waals surface area contributed by atoms with Crippen LogP contribution in [-0.4, -0.2) is 57.7 Å². The zero-order valence-corrected chi connectivity index (χ0v) is 18.3. The topological polar surface area (TPSA) is 75.2 Å². The van der Waals surface area contributed by atoms with Crippen LogP contribution in [0.15, 0.2) is 23.2 Å². The average molecular weight is 405 g/mol. The molecule has 1 saturated carbocycles. The molecule has 1 aliphatic rings. The van der Waals surface area contributed by atoms with Crippen molar-refractivity contribution in [1.29, 1.82) is 0 Å². The lowest BCUT2D eigenvalue weighted by molar-refractivity contribution is -0.121. The number of hydrogen-bond donors (Lipinski definition) is 2. The van der Waals surface area contributed by atoms with Gasteiger partial charge in [-0.1, -0.05) is 12.8 Å². The molecule has 0 bridgehead atoms. The Morgan fingerprint density at radius 1 is 1.21 bits per heavy atom. The van der Waals surface area contributed by atoms with Crippen LogP contribution in [0.5, 0.6) is 11.5 Å². The van der Waals surface area contributed by atoms with Gasteiger partial charge >= 0.3 is 0 Å². The molecule has 0 heterocycles. The normalized spacial score (nSPS) is 14.6. The van der Waals surface area contributed by atoms with E-state index in [-0.39, 0.29) is 5.91 Å². The molecule has 0 spiro atoms. The molecule has 7 nitrogen and oxygen atoms in total. The maximum Gasteiger partial charge on any atom is 0.220 e. The van der Waals surface area contributed by atoms with Gasteiger partial charge in [-0.2, -0.15) is 0 Å². The predicted octanol–water partition coefficient (Wildman–Crippen LogP) is 2.80. The fourth-order valence-corrected chi connectivity index (χ4v) is 3.69. The first-order valence-corrected chi connectivity index (χ1v) is 10.5. The van der Waals surface area contributed by atoms with Gasteiger partial charge in [0.2, 0.25) is 5.91 Å². The molecule has 1 fully saturated rings. The van der Waals surface area contributed by atoms with E-state index in [4.69, 9.17) is 9.47 Å². The Morgan fingerprint density at radius 3 is 2.62 bits per heavy atom. The number of amides is 1. The molecular weight excluding hydrogens is 368 g/mol. The van der Waals surface area contributed by atoms with Gasteiger partial charge in [0.15, 0.2) is 5.96 Å². The number of ether oxygens (including phenoxy) is 2. The summed E-state index contributed by atoms with van der Waals surface area (Å²) in [7, 11) is 5.29. The molecule has 0 atom stereocenters. The fourth-order valence-electron chi connectivity index (χ4n) is 3.69. The first-order chi connectivity index (χ1) is 14.1. The average Bonchev–Trinajstić information content (AvgIpc) is 3.23. The molecule has 1 aromatic carbocycles. The third kappa shape index (κ3) is 7.48. The molecule has 7 heteroatoms. The van der Waals surface area contributed by atoms with Crippen LogP contribution in [0.25, 0.3) is 0 Å². The Kier molecular flexibility index (Phi) is 9.60. The van der Waals surface area contributed by atoms with E-state index in [1.54, 1.807) is 14.2 Å². The number of methoxy groups -OCH3 is 2. The van der Waals surface area contributed by atoms with Crippen LogP contribution in [0, 0.1) is 5.92 Å². The standard InChI is InChI=1S/C22H36N4O3/c1-5-23-22(25-13-12-24-21(27)14-17-8-6-7-9-17)26(2)16-18-10-11-19(28-3)15-20(18)29-4/h10-11,15,17H,5-9,12-14,16H2,1-4H3,(H,23,25)(H,24,27). The van der Waals surface area contributed by atoms with Crippen molar-refractivity contribution in [1.82, 2.24) is 15.5 Å². The number of nitrogens with one attached hydrogen (secondary N) is 2. The van der Waals surface area contributed by atoms with Gasteiger partial charge in [0, 0.05) is 44.7 Å². The SMILES string of the molecule is CCNC(=NCCNC(=O)CC1CCCC1)N(C)Cc1ccc(OC)cc1OC. The Hall–Kier alpha value is -2.44. The number of aliphatic imine (C=N–C) groups is 1. The predicted molar refractivity (Wildman–Crippen MR) is 117 cm³/mol. The molecule has 1 aromatic rings. The van der Waals surface area contributed by atoms with Gasteiger partial charge in [0.1, 0.15) is 11.5 Å². The van der Waals surface area contributed by atoms with Crippen molar-refractivity contribution in [2.45, 2.75) is 45.6 Å². The summed E-state index contributed by atoms with van der Waals surface area (Å²) in [5.74, 6) is 3.07. The van der Waals surface area contributed by atoms with E-state index in [9.17, 15) is 4.79 Å². The summed E-state index contributed by atoms with van der Waals surface area (Å²) in [5.41, 5.74) is 1.05. The summed E-state index contributed by atoms with van der Waals surface area (Å²) in [6.07, 6.45) is 5.56. The monoisotopic (exact) mass is 404 g/mol. The van der Waals surface area contributed by atoms with Crippen LogP contribution in [0.1, 0.15) is 44.6 Å². The van der Waals surface area contributed by atoms with Gasteiger partial charge in [-0.15, -0.1) is 0 Å². The van der Waals surface area contributed by atoms with Crippen LogP contribution in [-0.2, 0) is 11.3 Å². The second-order valence-corrected chi connectivity index (χ2v) is 7.47. The van der Waals surface area contributed by atoms with Gasteiger partial charge in [0.25, 0.3) is 0 Å². The van der Waals surface area contributed by atoms with Crippen molar-refractivity contribution in [2.24, 2.45) is 10.9 Å². The van der Waals surface area contributed by atoms with Crippen molar-refractivity contribution < 1.29 is 14.3 Å². The second kappa shape index (κ2) is 12.2. The van der Waals surface area contributed by atoms with Gasteiger partial charge in [-0.25, -0.2) is 0 Å². The van der Waals surface area contributed by atoms with Crippen LogP contribution in [0.3, 0.4) is 0 Å². The van der Waals surface area contributed by atoms with Crippen molar-refractivity contribution in [3.05, 3.63) is 23.8 Å². The lowest BCUT2D eigenvalue weighted by Crippen LogP contribution is -2.39. The maximum absolute atomic E-state index is 12.1. The zero-order valence-electron chi connectivity index (χ0n) is 18.3. The van der Waals surface area contributed by atoms with Crippen molar-refractivity contribution in [2.75, 3.05) is 40.9 Å². The largest absolute Gasteiger partial charge is 0.497 e. The first-order valence-electron chi connectivity index (χ1n) is 10.5. The lowest BCUT2D eigenvalue weighted by atomic mass is 10.0. The minimum atomic E-state index is 0.147. The third-order valence-electron chi connectivity index (χ3n) is 5.24. The molecule has 2 rings (SSSR count). The Labute approximate surface area is 174 Å². The Balaban J connectivity index is 1.87. The summed E-state index contributed by atoms with van der Waals surface area (Å²) in [6, 6.07) is 5.81. The van der Waals surface area contributed by atoms with E-state index >= 15 is 0 Å². The van der Waals surface area contributed by atoms with E-state index in [0.29, 0.717) is 32.0 Å². The summed E-state index contributed by atoms with van der Waals surface area (Å²) < 4.78 is 10.8. The number of benzene rings is 1. The summed E-state index contributed by atoms with van der Waals surface area (Å²) in [6.45, 7) is 4.56. The highest BCUT2D eigenvalue weighted by Crippen LogP contribution is 2.27. The number of carbonyl (C=O) groups is 1. The molecule has 0 aromatic heterocycles. The highest BCUT2D eigenvalue weighted by molar-refractivity contribution is 5.80. The second-order valence-electron chi connectivity index (χ2n) is 7.47. The van der Waals surface area contributed by atoms with Gasteiger partial charge in [-0.05, 0) is 37.8 Å². The number of guanidine groups is 1.